The third-order valence-electron chi connectivity index (χ3n) is 4.59. The number of sulfonamides is 1. The second-order valence-electron chi connectivity index (χ2n) is 7.12. The fourth-order valence-corrected chi connectivity index (χ4v) is 4.43. The van der Waals surface area contributed by atoms with Gasteiger partial charge in [0.2, 0.25) is 15.9 Å². The van der Waals surface area contributed by atoms with Crippen LogP contribution in [0.2, 0.25) is 0 Å². The largest absolute Gasteiger partial charge is 0.324 e. The van der Waals surface area contributed by atoms with E-state index in [1.54, 1.807) is 13.0 Å². The summed E-state index contributed by atoms with van der Waals surface area (Å²) in [5.41, 5.74) is 2.37. The van der Waals surface area contributed by atoms with Crippen LogP contribution in [0.4, 0.5) is 15.8 Å². The number of nitrogens with one attached hydrogen (secondary N) is 1. The van der Waals surface area contributed by atoms with Gasteiger partial charge in [0.15, 0.2) is 0 Å². The third kappa shape index (κ3) is 4.70. The van der Waals surface area contributed by atoms with Gasteiger partial charge in [-0.25, -0.2) is 12.8 Å². The molecule has 0 radical (unpaired) electrons. The fraction of sp³-hybridized carbons (Fsp3) is 0.381. The van der Waals surface area contributed by atoms with Crippen molar-refractivity contribution < 1.29 is 17.6 Å². The van der Waals surface area contributed by atoms with Crippen molar-refractivity contribution in [2.24, 2.45) is 0 Å². The lowest BCUT2D eigenvalue weighted by atomic mass is 9.98. The molecule has 1 atom stereocenters. The first-order valence-electron chi connectivity index (χ1n) is 9.22. The summed E-state index contributed by atoms with van der Waals surface area (Å²) in [6.07, 6.45) is 1.17. The van der Waals surface area contributed by atoms with E-state index in [0.29, 0.717) is 5.69 Å². The molecular formula is C21H27FN2O3S. The number of hydrogen-bond acceptors (Lipinski definition) is 3. The highest BCUT2D eigenvalue weighted by Gasteiger charge is 2.33. The lowest BCUT2D eigenvalue weighted by molar-refractivity contribution is -0.117. The number of carbonyl (C=O) groups excluding carboxylic acids is 1. The summed E-state index contributed by atoms with van der Waals surface area (Å²) in [5.74, 6) is -1.02. The number of para-hydroxylation sites is 2. The average Bonchev–Trinajstić information content (AvgIpc) is 2.60. The predicted octanol–water partition coefficient (Wildman–Crippen LogP) is 4.44. The van der Waals surface area contributed by atoms with Crippen molar-refractivity contribution in [1.82, 2.24) is 0 Å². The fourth-order valence-electron chi connectivity index (χ4n) is 3.21. The first kappa shape index (κ1) is 21.9. The molecule has 0 saturated heterocycles. The van der Waals surface area contributed by atoms with Gasteiger partial charge in [0.1, 0.15) is 11.9 Å². The molecule has 2 aromatic carbocycles. The summed E-state index contributed by atoms with van der Waals surface area (Å²) < 4.78 is 40.1. The van der Waals surface area contributed by atoms with E-state index in [9.17, 15) is 17.6 Å². The van der Waals surface area contributed by atoms with E-state index in [1.165, 1.54) is 18.2 Å². The zero-order valence-electron chi connectivity index (χ0n) is 16.9. The van der Waals surface area contributed by atoms with Crippen molar-refractivity contribution in [2.75, 3.05) is 15.9 Å². The predicted molar refractivity (Wildman–Crippen MR) is 112 cm³/mol. The molecule has 0 fully saturated rings. The van der Waals surface area contributed by atoms with Crippen molar-refractivity contribution in [3.63, 3.8) is 0 Å². The first-order chi connectivity index (χ1) is 13.1. The Morgan fingerprint density at radius 3 is 2.32 bits per heavy atom. The van der Waals surface area contributed by atoms with E-state index in [-0.39, 0.29) is 18.0 Å². The lowest BCUT2D eigenvalue weighted by Crippen LogP contribution is -2.47. The van der Waals surface area contributed by atoms with Gasteiger partial charge in [0.05, 0.1) is 11.9 Å². The number of benzene rings is 2. The van der Waals surface area contributed by atoms with Gasteiger partial charge in [-0.3, -0.25) is 9.10 Å². The lowest BCUT2D eigenvalue weighted by Gasteiger charge is -2.31. The molecule has 1 amide bonds. The van der Waals surface area contributed by atoms with Crippen molar-refractivity contribution >= 4 is 27.3 Å². The second kappa shape index (κ2) is 8.73. The summed E-state index contributed by atoms with van der Waals surface area (Å²) in [6.45, 7) is 7.62. The number of hydrogen-bond donors (Lipinski definition) is 1. The zero-order valence-corrected chi connectivity index (χ0v) is 17.7. The minimum Gasteiger partial charge on any atom is -0.324 e. The van der Waals surface area contributed by atoms with Gasteiger partial charge < -0.3 is 5.32 Å². The van der Waals surface area contributed by atoms with Crippen molar-refractivity contribution in [1.29, 1.82) is 0 Å². The molecule has 0 bridgehead atoms. The maximum atomic E-state index is 14.4. The van der Waals surface area contributed by atoms with Crippen LogP contribution in [0, 0.1) is 12.7 Å². The Balaban J connectivity index is 2.49. The van der Waals surface area contributed by atoms with Gasteiger partial charge in [-0.1, -0.05) is 51.1 Å². The molecule has 0 heterocycles. The highest BCUT2D eigenvalue weighted by Crippen LogP contribution is 2.30. The standard InChI is InChI=1S/C21H27FN2O3S/c1-6-18(24(28(5,26)27)19-13-8-7-12-17(19)22)21(25)23-20-15(4)10-9-11-16(20)14(2)3/h7-14,18H,6H2,1-5H3,(H,23,25)/t18-/m1/s1. The topological polar surface area (TPSA) is 66.5 Å². The number of amides is 1. The molecular weight excluding hydrogens is 379 g/mol. The van der Waals surface area contributed by atoms with E-state index < -0.39 is 27.8 Å². The van der Waals surface area contributed by atoms with E-state index in [1.807, 2.05) is 39.0 Å². The van der Waals surface area contributed by atoms with E-state index in [0.717, 1.165) is 21.7 Å². The molecule has 1 N–H and O–H groups in total. The highest BCUT2D eigenvalue weighted by atomic mass is 32.2. The highest BCUT2D eigenvalue weighted by molar-refractivity contribution is 7.92. The van der Waals surface area contributed by atoms with Crippen LogP contribution in [-0.4, -0.2) is 26.6 Å². The molecule has 2 aromatic rings. The Labute approximate surface area is 166 Å². The smallest absolute Gasteiger partial charge is 0.248 e. The molecule has 0 spiro atoms. The van der Waals surface area contributed by atoms with Crippen LogP contribution >= 0.6 is 0 Å². The molecule has 5 nitrogen and oxygen atoms in total. The maximum absolute atomic E-state index is 14.4. The molecule has 0 aliphatic heterocycles. The number of rotatable bonds is 7. The van der Waals surface area contributed by atoms with Crippen LogP contribution in [0.3, 0.4) is 0 Å². The second-order valence-corrected chi connectivity index (χ2v) is 8.98. The zero-order chi connectivity index (χ0) is 21.1. The maximum Gasteiger partial charge on any atom is 0.248 e. The van der Waals surface area contributed by atoms with Crippen molar-refractivity contribution in [2.45, 2.75) is 46.1 Å². The third-order valence-corrected chi connectivity index (χ3v) is 5.76. The molecule has 0 aliphatic carbocycles. The molecule has 0 aromatic heterocycles. The Morgan fingerprint density at radius 2 is 1.79 bits per heavy atom. The molecule has 7 heteroatoms. The van der Waals surface area contributed by atoms with E-state index in [2.05, 4.69) is 5.32 Å². The average molecular weight is 407 g/mol. The quantitative estimate of drug-likeness (QED) is 0.739. The van der Waals surface area contributed by atoms with Crippen molar-refractivity contribution in [3.05, 3.63) is 59.4 Å². The normalized spacial score (nSPS) is 12.7. The van der Waals surface area contributed by atoms with Crippen LogP contribution in [0.15, 0.2) is 42.5 Å². The number of anilines is 2. The minimum atomic E-state index is -3.89. The van der Waals surface area contributed by atoms with Gasteiger partial charge >= 0.3 is 0 Å². The van der Waals surface area contributed by atoms with Crippen LogP contribution in [0.25, 0.3) is 0 Å². The molecule has 0 saturated carbocycles. The Kier molecular flexibility index (Phi) is 6.82. The summed E-state index contributed by atoms with van der Waals surface area (Å²) >= 11 is 0. The molecule has 152 valence electrons. The summed E-state index contributed by atoms with van der Waals surface area (Å²) in [6, 6.07) is 10.2. The van der Waals surface area contributed by atoms with Gasteiger partial charge in [-0.15, -0.1) is 0 Å². The first-order valence-corrected chi connectivity index (χ1v) is 11.1. The molecule has 2 rings (SSSR count). The Bertz CT molecular complexity index is 958. The SMILES string of the molecule is CC[C@H](C(=O)Nc1c(C)cccc1C(C)C)N(c1ccccc1F)S(C)(=O)=O. The van der Waals surface area contributed by atoms with Gasteiger partial charge in [-0.2, -0.15) is 0 Å². The van der Waals surface area contributed by atoms with Crippen molar-refractivity contribution in [3.8, 4) is 0 Å². The minimum absolute atomic E-state index is 0.138. The number of nitrogens with zero attached hydrogens (tertiary/aromatic N) is 1. The van der Waals surface area contributed by atoms with Gasteiger partial charge in [-0.05, 0) is 42.5 Å². The van der Waals surface area contributed by atoms with E-state index >= 15 is 0 Å². The Morgan fingerprint density at radius 1 is 1.14 bits per heavy atom. The molecule has 0 aliphatic rings. The number of carbonyl (C=O) groups is 1. The summed E-state index contributed by atoms with van der Waals surface area (Å²) in [4.78, 5) is 13.1. The van der Waals surface area contributed by atoms with Crippen LogP contribution in [0.5, 0.6) is 0 Å². The van der Waals surface area contributed by atoms with Gasteiger partial charge in [0.25, 0.3) is 0 Å². The molecule has 0 unspecified atom stereocenters. The Hall–Kier alpha value is -2.41. The summed E-state index contributed by atoms with van der Waals surface area (Å²) in [7, 11) is -3.89. The number of aryl methyl sites for hydroxylation is 1. The number of halogens is 1. The summed E-state index contributed by atoms with van der Waals surface area (Å²) in [5, 5.41) is 2.89. The van der Waals surface area contributed by atoms with Gasteiger partial charge in [0, 0.05) is 5.69 Å². The van der Waals surface area contributed by atoms with Crippen LogP contribution in [0.1, 0.15) is 44.2 Å². The van der Waals surface area contributed by atoms with E-state index in [4.69, 9.17) is 0 Å². The molecule has 28 heavy (non-hydrogen) atoms. The van der Waals surface area contributed by atoms with Crippen LogP contribution < -0.4 is 9.62 Å². The van der Waals surface area contributed by atoms with Crippen LogP contribution in [-0.2, 0) is 14.8 Å². The monoisotopic (exact) mass is 406 g/mol.